The molecule has 1 aromatic carbocycles. The molecular weight excluding hydrogens is 248 g/mol. The fourth-order valence-electron chi connectivity index (χ4n) is 2.05. The van der Waals surface area contributed by atoms with Crippen LogP contribution in [0.4, 0.5) is 8.78 Å². The van der Waals surface area contributed by atoms with Crippen LogP contribution in [0.15, 0.2) is 18.2 Å². The minimum atomic E-state index is -0.791. The number of methoxy groups -OCH3 is 1. The number of hydrogen-bond donors (Lipinski definition) is 1. The third-order valence-corrected chi connectivity index (χ3v) is 3.05. The van der Waals surface area contributed by atoms with Crippen molar-refractivity contribution in [1.29, 1.82) is 0 Å². The van der Waals surface area contributed by atoms with Crippen molar-refractivity contribution < 1.29 is 13.5 Å². The summed E-state index contributed by atoms with van der Waals surface area (Å²) >= 11 is 0. The largest absolute Gasteiger partial charge is 0.385 e. The molecular formula is C15H23F2NO. The van der Waals surface area contributed by atoms with E-state index in [-0.39, 0.29) is 6.04 Å². The van der Waals surface area contributed by atoms with Gasteiger partial charge < -0.3 is 10.1 Å². The highest BCUT2D eigenvalue weighted by atomic mass is 19.2. The van der Waals surface area contributed by atoms with E-state index in [4.69, 9.17) is 4.74 Å². The number of benzene rings is 1. The minimum Gasteiger partial charge on any atom is -0.385 e. The van der Waals surface area contributed by atoms with Gasteiger partial charge in [0.05, 0.1) is 0 Å². The quantitative estimate of drug-likeness (QED) is 0.696. The van der Waals surface area contributed by atoms with Crippen LogP contribution in [0.3, 0.4) is 0 Å². The maximum absolute atomic E-state index is 13.2. The number of nitrogens with one attached hydrogen (secondary N) is 1. The summed E-state index contributed by atoms with van der Waals surface area (Å²) in [6, 6.07) is 4.40. The third-order valence-electron chi connectivity index (χ3n) is 3.05. The van der Waals surface area contributed by atoms with Crippen molar-refractivity contribution in [2.75, 3.05) is 20.3 Å². The van der Waals surface area contributed by atoms with E-state index in [1.165, 1.54) is 12.1 Å². The van der Waals surface area contributed by atoms with Gasteiger partial charge in [-0.3, -0.25) is 0 Å². The Labute approximate surface area is 114 Å². The lowest BCUT2D eigenvalue weighted by Gasteiger charge is -2.18. The second-order valence-corrected chi connectivity index (χ2v) is 4.74. The van der Waals surface area contributed by atoms with E-state index in [0.717, 1.165) is 38.0 Å². The maximum atomic E-state index is 13.2. The predicted molar refractivity (Wildman–Crippen MR) is 73.3 cm³/mol. The molecule has 0 fully saturated rings. The molecule has 19 heavy (non-hydrogen) atoms. The summed E-state index contributed by atoms with van der Waals surface area (Å²) in [5.41, 5.74) is 0.824. The molecule has 108 valence electrons. The monoisotopic (exact) mass is 271 g/mol. The SMILES string of the molecule is CCCNC(CCCOC)Cc1ccc(F)c(F)c1. The molecule has 0 heterocycles. The van der Waals surface area contributed by atoms with Crippen molar-refractivity contribution in [2.24, 2.45) is 0 Å². The van der Waals surface area contributed by atoms with Gasteiger partial charge in [-0.15, -0.1) is 0 Å². The van der Waals surface area contributed by atoms with Crippen LogP contribution in [0.25, 0.3) is 0 Å². The summed E-state index contributed by atoms with van der Waals surface area (Å²) in [7, 11) is 1.68. The van der Waals surface area contributed by atoms with Gasteiger partial charge in [0.1, 0.15) is 0 Å². The van der Waals surface area contributed by atoms with E-state index < -0.39 is 11.6 Å². The number of ether oxygens (including phenoxy) is 1. The molecule has 0 radical (unpaired) electrons. The van der Waals surface area contributed by atoms with Gasteiger partial charge in [-0.2, -0.15) is 0 Å². The lowest BCUT2D eigenvalue weighted by atomic mass is 10.0. The van der Waals surface area contributed by atoms with Crippen molar-refractivity contribution in [3.05, 3.63) is 35.4 Å². The van der Waals surface area contributed by atoms with Crippen molar-refractivity contribution in [3.63, 3.8) is 0 Å². The zero-order valence-electron chi connectivity index (χ0n) is 11.7. The van der Waals surface area contributed by atoms with Gasteiger partial charge in [-0.1, -0.05) is 13.0 Å². The Bertz CT molecular complexity index is 371. The second kappa shape index (κ2) is 8.99. The van der Waals surface area contributed by atoms with Crippen molar-refractivity contribution in [1.82, 2.24) is 5.32 Å². The molecule has 4 heteroatoms. The van der Waals surface area contributed by atoms with Gasteiger partial charge in [-0.25, -0.2) is 8.78 Å². The van der Waals surface area contributed by atoms with Gasteiger partial charge in [-0.05, 0) is 49.9 Å². The van der Waals surface area contributed by atoms with Gasteiger partial charge in [0.2, 0.25) is 0 Å². The Morgan fingerprint density at radius 1 is 1.26 bits per heavy atom. The van der Waals surface area contributed by atoms with E-state index >= 15 is 0 Å². The van der Waals surface area contributed by atoms with E-state index in [9.17, 15) is 8.78 Å². The van der Waals surface area contributed by atoms with Crippen molar-refractivity contribution >= 4 is 0 Å². The van der Waals surface area contributed by atoms with Crippen LogP contribution in [0.5, 0.6) is 0 Å². The molecule has 1 rings (SSSR count). The molecule has 0 aliphatic rings. The number of rotatable bonds is 9. The average molecular weight is 271 g/mol. The maximum Gasteiger partial charge on any atom is 0.159 e. The second-order valence-electron chi connectivity index (χ2n) is 4.74. The van der Waals surface area contributed by atoms with Gasteiger partial charge in [0.25, 0.3) is 0 Å². The first-order chi connectivity index (χ1) is 9.17. The summed E-state index contributed by atoms with van der Waals surface area (Å²) in [5.74, 6) is -1.56. The first-order valence-corrected chi connectivity index (χ1v) is 6.83. The molecule has 1 atom stereocenters. The molecule has 0 spiro atoms. The Hall–Kier alpha value is -1.00. The Morgan fingerprint density at radius 3 is 2.68 bits per heavy atom. The summed E-state index contributed by atoms with van der Waals surface area (Å²) < 4.78 is 31.1. The molecule has 0 amide bonds. The smallest absolute Gasteiger partial charge is 0.159 e. The summed E-state index contributed by atoms with van der Waals surface area (Å²) in [6.07, 6.45) is 3.69. The first kappa shape index (κ1) is 16.1. The molecule has 1 unspecified atom stereocenters. The van der Waals surface area contributed by atoms with Crippen LogP contribution in [-0.4, -0.2) is 26.3 Å². The predicted octanol–water partition coefficient (Wildman–Crippen LogP) is 3.30. The Kier molecular flexibility index (Phi) is 7.60. The first-order valence-electron chi connectivity index (χ1n) is 6.83. The molecule has 1 N–H and O–H groups in total. The van der Waals surface area contributed by atoms with E-state index in [1.54, 1.807) is 13.2 Å². The van der Waals surface area contributed by atoms with E-state index in [1.807, 2.05) is 0 Å². The highest BCUT2D eigenvalue weighted by Crippen LogP contribution is 2.12. The minimum absolute atomic E-state index is 0.278. The van der Waals surface area contributed by atoms with Gasteiger partial charge in [0, 0.05) is 19.8 Å². The van der Waals surface area contributed by atoms with Crippen LogP contribution in [0, 0.1) is 11.6 Å². The average Bonchev–Trinajstić information content (AvgIpc) is 2.40. The highest BCUT2D eigenvalue weighted by Gasteiger charge is 2.10. The summed E-state index contributed by atoms with van der Waals surface area (Å²) in [6.45, 7) is 3.76. The van der Waals surface area contributed by atoms with Gasteiger partial charge in [0.15, 0.2) is 11.6 Å². The molecule has 0 aromatic heterocycles. The third kappa shape index (κ3) is 6.12. The lowest BCUT2D eigenvalue weighted by molar-refractivity contribution is 0.188. The molecule has 0 aliphatic carbocycles. The van der Waals surface area contributed by atoms with Gasteiger partial charge >= 0.3 is 0 Å². The Balaban J connectivity index is 2.56. The van der Waals surface area contributed by atoms with E-state index in [2.05, 4.69) is 12.2 Å². The summed E-state index contributed by atoms with van der Waals surface area (Å²) in [5, 5.41) is 3.44. The molecule has 2 nitrogen and oxygen atoms in total. The molecule has 0 bridgehead atoms. The van der Waals surface area contributed by atoms with Crippen LogP contribution < -0.4 is 5.32 Å². The fraction of sp³-hybridized carbons (Fsp3) is 0.600. The molecule has 0 aliphatic heterocycles. The fourth-order valence-corrected chi connectivity index (χ4v) is 2.05. The Morgan fingerprint density at radius 2 is 2.05 bits per heavy atom. The molecule has 1 aromatic rings. The molecule has 0 saturated carbocycles. The molecule has 0 saturated heterocycles. The highest BCUT2D eigenvalue weighted by molar-refractivity contribution is 5.18. The van der Waals surface area contributed by atoms with Crippen molar-refractivity contribution in [3.8, 4) is 0 Å². The number of hydrogen-bond acceptors (Lipinski definition) is 2. The zero-order chi connectivity index (χ0) is 14.1. The van der Waals surface area contributed by atoms with E-state index in [0.29, 0.717) is 6.42 Å². The zero-order valence-corrected chi connectivity index (χ0v) is 11.7. The lowest BCUT2D eigenvalue weighted by Crippen LogP contribution is -2.32. The van der Waals surface area contributed by atoms with Crippen LogP contribution >= 0.6 is 0 Å². The topological polar surface area (TPSA) is 21.3 Å². The number of halogens is 2. The standard InChI is InChI=1S/C15H23F2NO/c1-3-8-18-13(5-4-9-19-2)10-12-6-7-14(16)15(17)11-12/h6-7,11,13,18H,3-5,8-10H2,1-2H3. The van der Waals surface area contributed by atoms with Crippen LogP contribution in [-0.2, 0) is 11.2 Å². The normalized spacial score (nSPS) is 12.6. The van der Waals surface area contributed by atoms with Crippen LogP contribution in [0.2, 0.25) is 0 Å². The van der Waals surface area contributed by atoms with Crippen molar-refractivity contribution in [2.45, 2.75) is 38.6 Å². The summed E-state index contributed by atoms with van der Waals surface area (Å²) in [4.78, 5) is 0. The van der Waals surface area contributed by atoms with Crippen LogP contribution in [0.1, 0.15) is 31.7 Å².